The van der Waals surface area contributed by atoms with E-state index in [4.69, 9.17) is 10.5 Å². The molecule has 3 rings (SSSR count). The highest BCUT2D eigenvalue weighted by Crippen LogP contribution is 2.35. The fourth-order valence-electron chi connectivity index (χ4n) is 2.09. The van der Waals surface area contributed by atoms with Gasteiger partial charge in [0.25, 0.3) is 0 Å². The minimum absolute atomic E-state index is 0.0650. The van der Waals surface area contributed by atoms with Gasteiger partial charge in [-0.05, 0) is 12.1 Å². The van der Waals surface area contributed by atoms with Gasteiger partial charge in [0.05, 0.1) is 6.04 Å². The van der Waals surface area contributed by atoms with Gasteiger partial charge in [0.1, 0.15) is 18.4 Å². The highest BCUT2D eigenvalue weighted by atomic mass is 16.5. The minimum atomic E-state index is -0.0650. The molecule has 0 spiro atoms. The van der Waals surface area contributed by atoms with Crippen LogP contribution in [-0.2, 0) is 0 Å². The van der Waals surface area contributed by atoms with Gasteiger partial charge in [-0.2, -0.15) is 5.10 Å². The molecule has 0 saturated heterocycles. The van der Waals surface area contributed by atoms with Crippen molar-refractivity contribution in [2.24, 2.45) is 5.73 Å². The van der Waals surface area contributed by atoms with Crippen LogP contribution < -0.4 is 10.5 Å². The molecule has 1 aromatic heterocycles. The van der Waals surface area contributed by atoms with E-state index >= 15 is 0 Å². The first-order valence-corrected chi connectivity index (χ1v) is 5.33. The van der Waals surface area contributed by atoms with E-state index in [0.29, 0.717) is 6.61 Å². The number of para-hydroxylation sites is 1. The second kappa shape index (κ2) is 3.64. The largest absolute Gasteiger partial charge is 0.491 e. The predicted octanol–water partition coefficient (Wildman–Crippen LogP) is 1.52. The van der Waals surface area contributed by atoms with Crippen molar-refractivity contribution in [2.45, 2.75) is 12.1 Å². The highest BCUT2D eigenvalue weighted by Gasteiger charge is 2.29. The van der Waals surface area contributed by atoms with E-state index in [1.807, 2.05) is 41.2 Å². The summed E-state index contributed by atoms with van der Waals surface area (Å²) in [5.41, 5.74) is 7.29. The Kier molecular flexibility index (Phi) is 2.15. The van der Waals surface area contributed by atoms with E-state index in [1.54, 1.807) is 6.20 Å². The summed E-state index contributed by atoms with van der Waals surface area (Å²) in [6, 6.07) is 9.81. The summed E-state index contributed by atoms with van der Waals surface area (Å²) in [5, 5.41) is 4.22. The Hall–Kier alpha value is -1.81. The maximum Gasteiger partial charge on any atom is 0.124 e. The monoisotopic (exact) mass is 215 g/mol. The first-order valence-electron chi connectivity index (χ1n) is 5.33. The number of hydrogen-bond acceptors (Lipinski definition) is 3. The summed E-state index contributed by atoms with van der Waals surface area (Å²) in [6.07, 6.45) is 3.68. The number of nitrogens with zero attached hydrogens (tertiary/aromatic N) is 2. The third kappa shape index (κ3) is 1.39. The first kappa shape index (κ1) is 9.42. The number of fused-ring (bicyclic) bond motifs is 1. The van der Waals surface area contributed by atoms with E-state index in [9.17, 15) is 0 Å². The van der Waals surface area contributed by atoms with Crippen LogP contribution in [0.15, 0.2) is 42.7 Å². The van der Waals surface area contributed by atoms with E-state index in [-0.39, 0.29) is 12.1 Å². The first-order chi connectivity index (χ1) is 7.86. The maximum atomic E-state index is 6.24. The molecule has 0 fully saturated rings. The molecular formula is C12H13N3O. The quantitative estimate of drug-likeness (QED) is 0.784. The molecule has 4 heteroatoms. The molecule has 1 aromatic carbocycles. The van der Waals surface area contributed by atoms with E-state index in [0.717, 1.165) is 11.3 Å². The summed E-state index contributed by atoms with van der Waals surface area (Å²) in [4.78, 5) is 0. The zero-order valence-corrected chi connectivity index (χ0v) is 8.78. The van der Waals surface area contributed by atoms with Gasteiger partial charge in [0.2, 0.25) is 0 Å². The molecule has 16 heavy (non-hydrogen) atoms. The summed E-state index contributed by atoms with van der Waals surface area (Å²) in [6.45, 7) is 0.569. The normalized spacial score (nSPS) is 23.6. The molecule has 4 nitrogen and oxygen atoms in total. The van der Waals surface area contributed by atoms with Crippen LogP contribution in [0.25, 0.3) is 0 Å². The molecule has 0 aliphatic carbocycles. The van der Waals surface area contributed by atoms with Crippen LogP contribution in [0.2, 0.25) is 0 Å². The van der Waals surface area contributed by atoms with Crippen molar-refractivity contribution in [3.63, 3.8) is 0 Å². The van der Waals surface area contributed by atoms with Crippen LogP contribution in [0.1, 0.15) is 17.6 Å². The molecule has 2 N–H and O–H groups in total. The smallest absolute Gasteiger partial charge is 0.124 e. The fraction of sp³-hybridized carbons (Fsp3) is 0.250. The van der Waals surface area contributed by atoms with Gasteiger partial charge in [-0.25, -0.2) is 0 Å². The second-order valence-electron chi connectivity index (χ2n) is 3.93. The number of benzene rings is 1. The molecule has 0 saturated carbocycles. The number of rotatable bonds is 1. The van der Waals surface area contributed by atoms with Gasteiger partial charge in [0.15, 0.2) is 0 Å². The van der Waals surface area contributed by atoms with Gasteiger partial charge < -0.3 is 10.5 Å². The third-order valence-electron chi connectivity index (χ3n) is 2.97. The van der Waals surface area contributed by atoms with E-state index in [1.165, 1.54) is 0 Å². The van der Waals surface area contributed by atoms with Crippen LogP contribution in [0.5, 0.6) is 5.75 Å². The van der Waals surface area contributed by atoms with Crippen LogP contribution >= 0.6 is 0 Å². The van der Waals surface area contributed by atoms with E-state index < -0.39 is 0 Å². The van der Waals surface area contributed by atoms with Crippen LogP contribution in [0.4, 0.5) is 0 Å². The second-order valence-corrected chi connectivity index (χ2v) is 3.93. The van der Waals surface area contributed by atoms with Crippen molar-refractivity contribution in [3.05, 3.63) is 48.3 Å². The van der Waals surface area contributed by atoms with Gasteiger partial charge in [-0.15, -0.1) is 0 Å². The van der Waals surface area contributed by atoms with Crippen LogP contribution in [-0.4, -0.2) is 16.4 Å². The Bertz CT molecular complexity index is 481. The summed E-state index contributed by atoms with van der Waals surface area (Å²) in [7, 11) is 0. The standard InChI is InChI=1S/C12H13N3O/c13-12-9-4-1-2-5-11(9)16-8-10(12)15-7-3-6-14-15/h1-7,10,12H,8,13H2. The molecule has 2 atom stereocenters. The molecule has 1 aliphatic rings. The zero-order chi connectivity index (χ0) is 11.0. The molecule has 82 valence electrons. The average Bonchev–Trinajstić information content (AvgIpc) is 2.83. The third-order valence-corrected chi connectivity index (χ3v) is 2.97. The Morgan fingerprint density at radius 1 is 1.31 bits per heavy atom. The lowest BCUT2D eigenvalue weighted by Gasteiger charge is -2.31. The minimum Gasteiger partial charge on any atom is -0.491 e. The van der Waals surface area contributed by atoms with Gasteiger partial charge in [-0.1, -0.05) is 18.2 Å². The van der Waals surface area contributed by atoms with Crippen molar-refractivity contribution in [1.29, 1.82) is 0 Å². The molecule has 0 amide bonds. The van der Waals surface area contributed by atoms with Crippen molar-refractivity contribution < 1.29 is 4.74 Å². The maximum absolute atomic E-state index is 6.24. The van der Waals surface area contributed by atoms with Crippen molar-refractivity contribution in [2.75, 3.05) is 6.61 Å². The SMILES string of the molecule is NC1c2ccccc2OCC1n1cccn1. The predicted molar refractivity (Wildman–Crippen MR) is 60.1 cm³/mol. The van der Waals surface area contributed by atoms with Crippen molar-refractivity contribution in [1.82, 2.24) is 9.78 Å². The molecule has 2 heterocycles. The Morgan fingerprint density at radius 2 is 2.19 bits per heavy atom. The average molecular weight is 215 g/mol. The van der Waals surface area contributed by atoms with Crippen molar-refractivity contribution >= 4 is 0 Å². The molecule has 1 aliphatic heterocycles. The molecule has 0 radical (unpaired) electrons. The zero-order valence-electron chi connectivity index (χ0n) is 8.78. The Balaban J connectivity index is 1.98. The highest BCUT2D eigenvalue weighted by molar-refractivity contribution is 5.38. The topological polar surface area (TPSA) is 53.1 Å². The van der Waals surface area contributed by atoms with Gasteiger partial charge >= 0.3 is 0 Å². The lowest BCUT2D eigenvalue weighted by atomic mass is 9.97. The van der Waals surface area contributed by atoms with Gasteiger partial charge in [0, 0.05) is 18.0 Å². The van der Waals surface area contributed by atoms with Crippen LogP contribution in [0.3, 0.4) is 0 Å². The Labute approximate surface area is 93.6 Å². The molecular weight excluding hydrogens is 202 g/mol. The molecule has 2 unspecified atom stereocenters. The lowest BCUT2D eigenvalue weighted by Crippen LogP contribution is -2.33. The molecule has 2 aromatic rings. The van der Waals surface area contributed by atoms with Gasteiger partial charge in [-0.3, -0.25) is 4.68 Å². The summed E-state index contributed by atoms with van der Waals surface area (Å²) < 4.78 is 7.55. The van der Waals surface area contributed by atoms with Crippen molar-refractivity contribution in [3.8, 4) is 5.75 Å². The molecule has 0 bridgehead atoms. The van der Waals surface area contributed by atoms with E-state index in [2.05, 4.69) is 5.10 Å². The summed E-state index contributed by atoms with van der Waals surface area (Å²) >= 11 is 0. The summed E-state index contributed by atoms with van der Waals surface area (Å²) in [5.74, 6) is 0.887. The number of ether oxygens (including phenoxy) is 1. The Morgan fingerprint density at radius 3 is 3.00 bits per heavy atom. The number of aromatic nitrogens is 2. The number of hydrogen-bond donors (Lipinski definition) is 1. The fourth-order valence-corrected chi connectivity index (χ4v) is 2.09. The van der Waals surface area contributed by atoms with Crippen LogP contribution in [0, 0.1) is 0 Å². The number of nitrogens with two attached hydrogens (primary N) is 1. The lowest BCUT2D eigenvalue weighted by molar-refractivity contribution is 0.187.